The summed E-state index contributed by atoms with van der Waals surface area (Å²) in [6, 6.07) is 0. The molecular formula is C16H35NO2. The molecule has 3 heteroatoms. The first-order chi connectivity index (χ1) is 9.20. The lowest BCUT2D eigenvalue weighted by Crippen LogP contribution is -2.38. The summed E-state index contributed by atoms with van der Waals surface area (Å²) in [7, 11) is 0. The van der Waals surface area contributed by atoms with E-state index < -0.39 is 12.5 Å². The Morgan fingerprint density at radius 2 is 1.00 bits per heavy atom. The van der Waals surface area contributed by atoms with Crippen LogP contribution in [0, 0.1) is 0 Å². The zero-order valence-corrected chi connectivity index (χ0v) is 13.0. The molecule has 0 rings (SSSR count). The average molecular weight is 273 g/mol. The maximum Gasteiger partial charge on any atom is 0.106 e. The molecule has 0 fully saturated rings. The minimum absolute atomic E-state index is 0.549. The molecule has 0 saturated heterocycles. The highest BCUT2D eigenvalue weighted by Gasteiger charge is 2.09. The van der Waals surface area contributed by atoms with Gasteiger partial charge in [0.2, 0.25) is 0 Å². The number of aliphatic hydroxyl groups is 2. The summed E-state index contributed by atoms with van der Waals surface area (Å²) < 4.78 is 0. The summed E-state index contributed by atoms with van der Waals surface area (Å²) in [5.41, 5.74) is 0. The lowest BCUT2D eigenvalue weighted by molar-refractivity contribution is 0.0310. The molecule has 0 aliphatic rings. The zero-order chi connectivity index (χ0) is 14.3. The van der Waals surface area contributed by atoms with Gasteiger partial charge in [0.1, 0.15) is 12.5 Å². The Labute approximate surface area is 119 Å². The molecule has 0 spiro atoms. The molecule has 0 aliphatic carbocycles. The lowest BCUT2D eigenvalue weighted by Gasteiger charge is -2.18. The summed E-state index contributed by atoms with van der Waals surface area (Å²) in [5, 5.41) is 22.4. The van der Waals surface area contributed by atoms with E-state index in [0.29, 0.717) is 0 Å². The second-order valence-electron chi connectivity index (χ2n) is 5.60. The Kier molecular flexibility index (Phi) is 14.2. The fourth-order valence-electron chi connectivity index (χ4n) is 2.27. The summed E-state index contributed by atoms with van der Waals surface area (Å²) in [6.07, 6.45) is 12.4. The first kappa shape index (κ1) is 18.9. The van der Waals surface area contributed by atoms with E-state index in [1.54, 1.807) is 0 Å². The minimum Gasteiger partial charge on any atom is -0.379 e. The quantitative estimate of drug-likeness (QED) is 0.332. The Balaban J connectivity index is 3.34. The Morgan fingerprint density at radius 1 is 0.632 bits per heavy atom. The van der Waals surface area contributed by atoms with Crippen molar-refractivity contribution in [2.45, 2.75) is 103 Å². The van der Waals surface area contributed by atoms with Gasteiger partial charge in [0.05, 0.1) is 0 Å². The van der Waals surface area contributed by atoms with Gasteiger partial charge in [0.15, 0.2) is 0 Å². The van der Waals surface area contributed by atoms with E-state index in [0.717, 1.165) is 25.7 Å². The molecule has 0 aromatic carbocycles. The highest BCUT2D eigenvalue weighted by Crippen LogP contribution is 2.09. The molecule has 0 saturated carbocycles. The number of rotatable bonds is 14. The van der Waals surface area contributed by atoms with Gasteiger partial charge in [-0.3, -0.25) is 5.32 Å². The van der Waals surface area contributed by atoms with Gasteiger partial charge in [-0.25, -0.2) is 0 Å². The summed E-state index contributed by atoms with van der Waals surface area (Å²) in [6.45, 7) is 4.40. The second-order valence-corrected chi connectivity index (χ2v) is 5.60. The largest absolute Gasteiger partial charge is 0.379 e. The highest BCUT2D eigenvalue weighted by molar-refractivity contribution is 4.59. The molecule has 3 nitrogen and oxygen atoms in total. The van der Waals surface area contributed by atoms with Gasteiger partial charge < -0.3 is 10.2 Å². The van der Waals surface area contributed by atoms with Gasteiger partial charge in [-0.15, -0.1) is 0 Å². The van der Waals surface area contributed by atoms with Gasteiger partial charge in [-0.05, 0) is 25.7 Å². The second kappa shape index (κ2) is 14.3. The van der Waals surface area contributed by atoms with Crippen LogP contribution in [0.3, 0.4) is 0 Å². The number of nitrogens with one attached hydrogen (secondary N) is 1. The first-order valence-electron chi connectivity index (χ1n) is 8.32. The monoisotopic (exact) mass is 273 g/mol. The maximum atomic E-state index is 9.75. The van der Waals surface area contributed by atoms with Gasteiger partial charge in [0, 0.05) is 0 Å². The predicted molar refractivity (Wildman–Crippen MR) is 81.9 cm³/mol. The summed E-state index contributed by atoms with van der Waals surface area (Å²) in [5.74, 6) is 0. The van der Waals surface area contributed by atoms with Crippen molar-refractivity contribution >= 4 is 0 Å². The van der Waals surface area contributed by atoms with Crippen molar-refractivity contribution in [2.24, 2.45) is 0 Å². The number of aliphatic hydroxyl groups excluding tert-OH is 2. The predicted octanol–water partition coefficient (Wildman–Crippen LogP) is 3.93. The summed E-state index contributed by atoms with van der Waals surface area (Å²) in [4.78, 5) is 0. The van der Waals surface area contributed by atoms with Gasteiger partial charge in [0.25, 0.3) is 0 Å². The Morgan fingerprint density at radius 3 is 1.37 bits per heavy atom. The van der Waals surface area contributed by atoms with Crippen molar-refractivity contribution in [3.05, 3.63) is 0 Å². The SMILES string of the molecule is CCCCCCCC(O)NC(O)CCCCCCC. The van der Waals surface area contributed by atoms with Crippen molar-refractivity contribution in [1.29, 1.82) is 0 Å². The zero-order valence-electron chi connectivity index (χ0n) is 13.0. The van der Waals surface area contributed by atoms with Crippen LogP contribution in [0.4, 0.5) is 0 Å². The molecule has 0 aromatic heterocycles. The van der Waals surface area contributed by atoms with Crippen molar-refractivity contribution in [1.82, 2.24) is 5.32 Å². The van der Waals surface area contributed by atoms with E-state index in [1.807, 2.05) is 0 Å². The van der Waals surface area contributed by atoms with E-state index in [2.05, 4.69) is 19.2 Å². The summed E-state index contributed by atoms with van der Waals surface area (Å²) >= 11 is 0. The van der Waals surface area contributed by atoms with Gasteiger partial charge in [-0.2, -0.15) is 0 Å². The molecule has 0 heterocycles. The molecule has 0 bridgehead atoms. The van der Waals surface area contributed by atoms with Crippen molar-refractivity contribution in [2.75, 3.05) is 0 Å². The molecule has 3 N–H and O–H groups in total. The highest BCUT2D eigenvalue weighted by atomic mass is 16.3. The molecule has 116 valence electrons. The number of unbranched alkanes of at least 4 members (excludes halogenated alkanes) is 8. The third-order valence-corrected chi connectivity index (χ3v) is 3.55. The molecule has 0 aromatic rings. The van der Waals surface area contributed by atoms with Crippen LogP contribution >= 0.6 is 0 Å². The van der Waals surface area contributed by atoms with E-state index >= 15 is 0 Å². The Hall–Kier alpha value is -0.120. The number of hydrogen-bond donors (Lipinski definition) is 3. The van der Waals surface area contributed by atoms with Crippen LogP contribution in [-0.2, 0) is 0 Å². The lowest BCUT2D eigenvalue weighted by atomic mass is 10.1. The molecule has 0 amide bonds. The van der Waals surface area contributed by atoms with Gasteiger partial charge in [-0.1, -0.05) is 65.2 Å². The molecule has 2 atom stereocenters. The van der Waals surface area contributed by atoms with Crippen LogP contribution in [0.5, 0.6) is 0 Å². The van der Waals surface area contributed by atoms with Crippen LogP contribution in [0.1, 0.15) is 90.9 Å². The molecule has 0 aliphatic heterocycles. The fourth-order valence-corrected chi connectivity index (χ4v) is 2.27. The van der Waals surface area contributed by atoms with Crippen LogP contribution in [0.25, 0.3) is 0 Å². The first-order valence-corrected chi connectivity index (χ1v) is 8.32. The van der Waals surface area contributed by atoms with Crippen molar-refractivity contribution < 1.29 is 10.2 Å². The normalized spacial score (nSPS) is 14.5. The fraction of sp³-hybridized carbons (Fsp3) is 1.00. The third kappa shape index (κ3) is 14.1. The van der Waals surface area contributed by atoms with E-state index in [9.17, 15) is 10.2 Å². The molecular weight excluding hydrogens is 238 g/mol. The van der Waals surface area contributed by atoms with E-state index in [4.69, 9.17) is 0 Å². The van der Waals surface area contributed by atoms with Crippen LogP contribution in [0.2, 0.25) is 0 Å². The maximum absolute atomic E-state index is 9.75. The Bertz CT molecular complexity index is 158. The average Bonchev–Trinajstić information content (AvgIpc) is 2.38. The topological polar surface area (TPSA) is 52.5 Å². The third-order valence-electron chi connectivity index (χ3n) is 3.55. The van der Waals surface area contributed by atoms with Crippen molar-refractivity contribution in [3.8, 4) is 0 Å². The van der Waals surface area contributed by atoms with Crippen LogP contribution < -0.4 is 5.32 Å². The molecule has 19 heavy (non-hydrogen) atoms. The van der Waals surface area contributed by atoms with E-state index in [-0.39, 0.29) is 0 Å². The van der Waals surface area contributed by atoms with E-state index in [1.165, 1.54) is 51.4 Å². The standard InChI is InChI=1S/C16H35NO2/c1-3-5-7-9-11-13-15(18)17-16(19)14-12-10-8-6-4-2/h15-19H,3-14H2,1-2H3. The van der Waals surface area contributed by atoms with Crippen LogP contribution in [-0.4, -0.2) is 22.7 Å². The minimum atomic E-state index is -0.549. The molecule has 0 radical (unpaired) electrons. The van der Waals surface area contributed by atoms with Crippen molar-refractivity contribution in [3.63, 3.8) is 0 Å². The van der Waals surface area contributed by atoms with Crippen LogP contribution in [0.15, 0.2) is 0 Å². The number of hydrogen-bond acceptors (Lipinski definition) is 3. The van der Waals surface area contributed by atoms with Gasteiger partial charge >= 0.3 is 0 Å². The smallest absolute Gasteiger partial charge is 0.106 e. The molecule has 2 unspecified atom stereocenters.